The van der Waals surface area contributed by atoms with E-state index in [1.165, 1.54) is 12.1 Å². The molecule has 1 aromatic rings. The predicted molar refractivity (Wildman–Crippen MR) is 45.1 cm³/mol. The van der Waals surface area contributed by atoms with Crippen LogP contribution in [0.2, 0.25) is 0 Å². The normalized spacial score (nSPS) is 9.75. The molecule has 0 amide bonds. The van der Waals surface area contributed by atoms with Crippen molar-refractivity contribution in [1.29, 1.82) is 0 Å². The van der Waals surface area contributed by atoms with Gasteiger partial charge in [-0.1, -0.05) is 6.58 Å². The number of hydrogen-bond donors (Lipinski definition) is 0. The minimum absolute atomic E-state index is 0.199. The molecule has 0 bridgehead atoms. The van der Waals surface area contributed by atoms with Crippen LogP contribution in [0.4, 0.5) is 5.88 Å². The summed E-state index contributed by atoms with van der Waals surface area (Å²) < 4.78 is 4.81. The highest BCUT2D eigenvalue weighted by Crippen LogP contribution is 2.21. The number of nitrogens with zero attached hydrogens (tertiary/aromatic N) is 1. The quantitative estimate of drug-likeness (QED) is 0.415. The van der Waals surface area contributed by atoms with Gasteiger partial charge in [0.05, 0.1) is 11.9 Å². The van der Waals surface area contributed by atoms with E-state index in [0.717, 1.165) is 0 Å². The van der Waals surface area contributed by atoms with Crippen LogP contribution in [0.15, 0.2) is 23.1 Å². The number of hydrogen-bond acceptors (Lipinski definition) is 3. The van der Waals surface area contributed by atoms with E-state index in [2.05, 4.69) is 6.58 Å². The van der Waals surface area contributed by atoms with Crippen molar-refractivity contribution in [2.45, 2.75) is 0 Å². The van der Waals surface area contributed by atoms with Gasteiger partial charge in [0.1, 0.15) is 10.7 Å². The molecule has 0 aliphatic carbocycles. The Kier molecular flexibility index (Phi) is 2.50. The fourth-order valence-corrected chi connectivity index (χ4v) is 0.813. The molecule has 5 heteroatoms. The Morgan fingerprint density at radius 2 is 2.42 bits per heavy atom. The Balaban J connectivity index is 2.91. The molecule has 0 unspecified atom stereocenters. The second-order valence-electron chi connectivity index (χ2n) is 2.13. The Labute approximate surface area is 73.6 Å². The van der Waals surface area contributed by atoms with Crippen molar-refractivity contribution in [1.82, 2.24) is 0 Å². The van der Waals surface area contributed by atoms with Crippen LogP contribution < -0.4 is 0 Å². The van der Waals surface area contributed by atoms with Gasteiger partial charge < -0.3 is 4.42 Å². The summed E-state index contributed by atoms with van der Waals surface area (Å²) in [4.78, 5) is 9.57. The summed E-state index contributed by atoms with van der Waals surface area (Å²) in [6, 6.07) is 2.75. The molecular weight excluding hydrogens is 182 g/mol. The SMILES string of the molecule is C=C(CCl)c1ccc([N+](=O)[O-])o1. The van der Waals surface area contributed by atoms with E-state index in [9.17, 15) is 10.1 Å². The van der Waals surface area contributed by atoms with Crippen LogP contribution in [0, 0.1) is 10.1 Å². The molecule has 0 saturated carbocycles. The highest BCUT2D eigenvalue weighted by molar-refractivity contribution is 6.22. The molecule has 0 N–H and O–H groups in total. The van der Waals surface area contributed by atoms with Gasteiger partial charge in [-0.05, 0) is 6.07 Å². The first-order chi connectivity index (χ1) is 5.65. The first-order valence-electron chi connectivity index (χ1n) is 3.13. The van der Waals surface area contributed by atoms with Gasteiger partial charge in [-0.25, -0.2) is 0 Å². The van der Waals surface area contributed by atoms with Gasteiger partial charge in [0.15, 0.2) is 0 Å². The maximum atomic E-state index is 10.2. The summed E-state index contributed by atoms with van der Waals surface area (Å²) in [5.74, 6) is 0.262. The first-order valence-corrected chi connectivity index (χ1v) is 3.67. The molecule has 0 radical (unpaired) electrons. The van der Waals surface area contributed by atoms with Gasteiger partial charge in [-0.3, -0.25) is 10.1 Å². The van der Waals surface area contributed by atoms with Crippen LogP contribution in [0.5, 0.6) is 0 Å². The number of allylic oxidation sites excluding steroid dienone is 1. The lowest BCUT2D eigenvalue weighted by Crippen LogP contribution is -1.83. The van der Waals surface area contributed by atoms with E-state index in [0.29, 0.717) is 11.3 Å². The highest BCUT2D eigenvalue weighted by atomic mass is 35.5. The third kappa shape index (κ3) is 1.65. The van der Waals surface area contributed by atoms with E-state index in [1.807, 2.05) is 0 Å². The van der Waals surface area contributed by atoms with Crippen molar-refractivity contribution < 1.29 is 9.34 Å². The summed E-state index contributed by atoms with van der Waals surface area (Å²) in [5, 5.41) is 10.2. The number of alkyl halides is 1. The van der Waals surface area contributed by atoms with E-state index >= 15 is 0 Å². The van der Waals surface area contributed by atoms with Crippen molar-refractivity contribution in [2.24, 2.45) is 0 Å². The number of rotatable bonds is 3. The van der Waals surface area contributed by atoms with Gasteiger partial charge in [0.25, 0.3) is 0 Å². The molecule has 64 valence electrons. The van der Waals surface area contributed by atoms with Crippen LogP contribution in [-0.4, -0.2) is 10.8 Å². The summed E-state index contributed by atoms with van der Waals surface area (Å²) in [7, 11) is 0. The first kappa shape index (κ1) is 8.80. The van der Waals surface area contributed by atoms with Gasteiger partial charge in [-0.2, -0.15) is 0 Å². The third-order valence-electron chi connectivity index (χ3n) is 1.28. The summed E-state index contributed by atoms with van der Waals surface area (Å²) in [6.45, 7) is 3.57. The van der Waals surface area contributed by atoms with Crippen molar-refractivity contribution >= 4 is 23.1 Å². The maximum absolute atomic E-state index is 10.2. The second kappa shape index (κ2) is 3.40. The predicted octanol–water partition coefficient (Wildman–Crippen LogP) is 2.44. The zero-order chi connectivity index (χ0) is 9.14. The topological polar surface area (TPSA) is 56.3 Å². The van der Waals surface area contributed by atoms with Gasteiger partial charge in [-0.15, -0.1) is 11.6 Å². The van der Waals surface area contributed by atoms with Crippen LogP contribution in [0.1, 0.15) is 5.76 Å². The van der Waals surface area contributed by atoms with Crippen LogP contribution in [0.25, 0.3) is 5.57 Å². The lowest BCUT2D eigenvalue weighted by Gasteiger charge is -1.91. The van der Waals surface area contributed by atoms with Crippen LogP contribution >= 0.6 is 11.6 Å². The summed E-state index contributed by atoms with van der Waals surface area (Å²) in [6.07, 6.45) is 0. The van der Waals surface area contributed by atoms with E-state index < -0.39 is 4.92 Å². The molecule has 4 nitrogen and oxygen atoms in total. The largest absolute Gasteiger partial charge is 0.433 e. The fraction of sp³-hybridized carbons (Fsp3) is 0.143. The van der Waals surface area contributed by atoms with Crippen molar-refractivity contribution in [3.05, 3.63) is 34.6 Å². The van der Waals surface area contributed by atoms with Crippen LogP contribution in [0.3, 0.4) is 0 Å². The molecule has 1 rings (SSSR count). The number of furan rings is 1. The molecule has 0 aromatic carbocycles. The van der Waals surface area contributed by atoms with Gasteiger partial charge in [0.2, 0.25) is 0 Å². The number of halogens is 1. The smallest absolute Gasteiger partial charge is 0.401 e. The lowest BCUT2D eigenvalue weighted by molar-refractivity contribution is -0.402. The summed E-state index contributed by atoms with van der Waals surface area (Å²) in [5.41, 5.74) is 0.532. The highest BCUT2D eigenvalue weighted by Gasteiger charge is 2.12. The lowest BCUT2D eigenvalue weighted by atomic mass is 10.3. The van der Waals surface area contributed by atoms with Crippen LogP contribution in [-0.2, 0) is 0 Å². The Hall–Kier alpha value is -1.29. The fourth-order valence-electron chi connectivity index (χ4n) is 0.682. The Morgan fingerprint density at radius 1 is 1.75 bits per heavy atom. The average Bonchev–Trinajstić information content (AvgIpc) is 2.51. The molecule has 1 heterocycles. The molecule has 0 spiro atoms. The van der Waals surface area contributed by atoms with E-state index in [-0.39, 0.29) is 11.8 Å². The molecular formula is C7H6ClNO3. The average molecular weight is 188 g/mol. The molecule has 0 fully saturated rings. The third-order valence-corrected chi connectivity index (χ3v) is 1.60. The van der Waals surface area contributed by atoms with E-state index in [1.54, 1.807) is 0 Å². The monoisotopic (exact) mass is 187 g/mol. The Bertz CT molecular complexity index is 318. The molecule has 1 aromatic heterocycles. The second-order valence-corrected chi connectivity index (χ2v) is 2.40. The Morgan fingerprint density at radius 3 is 2.83 bits per heavy atom. The van der Waals surface area contributed by atoms with Gasteiger partial charge >= 0.3 is 5.88 Å². The molecule has 0 aliphatic heterocycles. The minimum Gasteiger partial charge on any atom is -0.401 e. The molecule has 0 atom stereocenters. The molecule has 12 heavy (non-hydrogen) atoms. The van der Waals surface area contributed by atoms with E-state index in [4.69, 9.17) is 16.0 Å². The molecule has 0 aliphatic rings. The zero-order valence-electron chi connectivity index (χ0n) is 6.12. The van der Waals surface area contributed by atoms with Crippen molar-refractivity contribution in [3.63, 3.8) is 0 Å². The minimum atomic E-state index is -0.606. The standard InChI is InChI=1S/C7H6ClNO3/c1-5(4-8)6-2-3-7(12-6)9(10)11/h2-3H,1,4H2. The summed E-state index contributed by atoms with van der Waals surface area (Å²) >= 11 is 5.45. The molecule has 0 saturated heterocycles. The van der Waals surface area contributed by atoms with Crippen molar-refractivity contribution in [3.8, 4) is 0 Å². The van der Waals surface area contributed by atoms with Crippen molar-refractivity contribution in [2.75, 3.05) is 5.88 Å². The maximum Gasteiger partial charge on any atom is 0.433 e. The number of nitro groups is 1. The van der Waals surface area contributed by atoms with Gasteiger partial charge in [0, 0.05) is 5.57 Å². The zero-order valence-corrected chi connectivity index (χ0v) is 6.87.